The third-order valence-corrected chi connectivity index (χ3v) is 9.68. The summed E-state index contributed by atoms with van der Waals surface area (Å²) in [4.78, 5) is 34.0. The molecule has 1 saturated heterocycles. The monoisotopic (exact) mass is 721 g/mol. The van der Waals surface area contributed by atoms with Crippen molar-refractivity contribution in [1.82, 2.24) is 25.5 Å². The van der Waals surface area contributed by atoms with Gasteiger partial charge in [0, 0.05) is 84.8 Å². The summed E-state index contributed by atoms with van der Waals surface area (Å²) in [7, 11) is 3.15. The molecule has 1 aliphatic rings. The summed E-state index contributed by atoms with van der Waals surface area (Å²) in [6.07, 6.45) is 3.26. The van der Waals surface area contributed by atoms with Crippen LogP contribution in [0.15, 0.2) is 60.8 Å². The Labute approximate surface area is 301 Å². The molecular formula is C37H41Cl2N5O6. The molecule has 2 aromatic heterocycles. The number of hydrogen-bond donors (Lipinski definition) is 4. The number of aliphatic hydroxyl groups excluding tert-OH is 1. The molecular weight excluding hydrogens is 681 g/mol. The van der Waals surface area contributed by atoms with E-state index < -0.39 is 12.0 Å². The number of carboxylic acids is 1. The van der Waals surface area contributed by atoms with Gasteiger partial charge in [-0.1, -0.05) is 59.6 Å². The number of nitrogens with one attached hydrogen (secondary N) is 2. The van der Waals surface area contributed by atoms with Crippen molar-refractivity contribution in [1.29, 1.82) is 0 Å². The minimum Gasteiger partial charge on any atom is -0.496 e. The molecule has 0 bridgehead atoms. The van der Waals surface area contributed by atoms with Gasteiger partial charge < -0.3 is 35.2 Å². The lowest BCUT2D eigenvalue weighted by Crippen LogP contribution is -2.44. The van der Waals surface area contributed by atoms with Crippen LogP contribution < -0.4 is 20.1 Å². The van der Waals surface area contributed by atoms with Crippen molar-refractivity contribution >= 4 is 35.1 Å². The molecule has 1 fully saturated rings. The number of likely N-dealkylation sites (tertiary alicyclic amines) is 1. The Morgan fingerprint density at radius 1 is 0.960 bits per heavy atom. The van der Waals surface area contributed by atoms with Crippen LogP contribution in [-0.2, 0) is 22.7 Å². The molecule has 11 nitrogen and oxygen atoms in total. The summed E-state index contributed by atoms with van der Waals surface area (Å²) in [5, 5.41) is 26.1. The van der Waals surface area contributed by atoms with E-state index in [4.69, 9.17) is 42.8 Å². The van der Waals surface area contributed by atoms with Gasteiger partial charge in [-0.3, -0.25) is 14.6 Å². The maximum absolute atomic E-state index is 11.7. The third-order valence-electron chi connectivity index (χ3n) is 8.89. The summed E-state index contributed by atoms with van der Waals surface area (Å²) in [6, 6.07) is 16.7. The van der Waals surface area contributed by atoms with Gasteiger partial charge in [0.1, 0.15) is 5.75 Å². The van der Waals surface area contributed by atoms with Crippen LogP contribution in [0.1, 0.15) is 37.3 Å². The Bertz CT molecular complexity index is 1830. The fraction of sp³-hybridized carbons (Fsp3) is 0.351. The van der Waals surface area contributed by atoms with Crippen molar-refractivity contribution in [2.45, 2.75) is 51.4 Å². The first-order chi connectivity index (χ1) is 24.1. The summed E-state index contributed by atoms with van der Waals surface area (Å²) in [5.74, 6) is 0.179. The minimum atomic E-state index is -0.998. The largest absolute Gasteiger partial charge is 0.496 e. The van der Waals surface area contributed by atoms with Crippen molar-refractivity contribution in [2.75, 3.05) is 33.9 Å². The zero-order chi connectivity index (χ0) is 35.8. The minimum absolute atomic E-state index is 0.116. The maximum Gasteiger partial charge on any atom is 0.305 e. The molecule has 0 saturated carbocycles. The fourth-order valence-corrected chi connectivity index (χ4v) is 6.73. The highest BCUT2D eigenvalue weighted by Gasteiger charge is 2.22. The molecule has 4 N–H and O–H groups in total. The number of ether oxygens (including phenoxy) is 2. The van der Waals surface area contributed by atoms with Crippen molar-refractivity contribution in [3.63, 3.8) is 0 Å². The highest BCUT2D eigenvalue weighted by molar-refractivity contribution is 6.39. The normalized spacial score (nSPS) is 14.0. The number of aliphatic carboxylic acids is 1. The number of benzene rings is 2. The van der Waals surface area contributed by atoms with Crippen LogP contribution in [0.25, 0.3) is 33.6 Å². The van der Waals surface area contributed by atoms with Gasteiger partial charge in [0.25, 0.3) is 0 Å². The molecule has 0 aliphatic carbocycles. The number of hydrogen-bond acceptors (Lipinski definition) is 9. The lowest BCUT2D eigenvalue weighted by molar-refractivity contribution is -0.138. The number of methoxy groups -OCH3 is 2. The van der Waals surface area contributed by atoms with Crippen molar-refractivity contribution in [3.05, 3.63) is 82.0 Å². The van der Waals surface area contributed by atoms with Crippen molar-refractivity contribution in [2.24, 2.45) is 0 Å². The van der Waals surface area contributed by atoms with Crippen LogP contribution in [0.3, 0.4) is 0 Å². The number of aliphatic hydroxyl groups is 1. The van der Waals surface area contributed by atoms with E-state index in [1.165, 1.54) is 0 Å². The van der Waals surface area contributed by atoms with Crippen LogP contribution in [0.4, 0.5) is 0 Å². The summed E-state index contributed by atoms with van der Waals surface area (Å²) in [5.41, 5.74) is 5.72. The summed E-state index contributed by atoms with van der Waals surface area (Å²) in [6.45, 7) is 3.69. The van der Waals surface area contributed by atoms with Gasteiger partial charge in [-0.15, -0.1) is 0 Å². The number of carbonyl (C=O) groups is 2. The molecule has 0 radical (unpaired) electrons. The smallest absolute Gasteiger partial charge is 0.305 e. The molecule has 264 valence electrons. The predicted octanol–water partition coefficient (Wildman–Crippen LogP) is 5.83. The van der Waals surface area contributed by atoms with E-state index in [0.29, 0.717) is 68.9 Å². The van der Waals surface area contributed by atoms with E-state index in [2.05, 4.69) is 15.6 Å². The second kappa shape index (κ2) is 17.1. The highest BCUT2D eigenvalue weighted by atomic mass is 35.5. The van der Waals surface area contributed by atoms with Gasteiger partial charge in [0.2, 0.25) is 11.8 Å². The molecule has 0 spiro atoms. The van der Waals surface area contributed by atoms with Gasteiger partial charge in [-0.05, 0) is 31.0 Å². The SMILES string of the molecule is COc1cc(-c2nccc(-c3cccc(-c4ccc(CNC5CCN(C(C)=O)CC5)c(OC)n4)c3Cl)c2Cl)ccc1CN[C@H](CO)CC(=O)O. The average Bonchev–Trinajstić information content (AvgIpc) is 3.12. The summed E-state index contributed by atoms with van der Waals surface area (Å²) < 4.78 is 11.3. The second-order valence-electron chi connectivity index (χ2n) is 12.1. The Morgan fingerprint density at radius 2 is 1.68 bits per heavy atom. The van der Waals surface area contributed by atoms with Crippen LogP contribution in [-0.4, -0.2) is 83.0 Å². The predicted molar refractivity (Wildman–Crippen MR) is 194 cm³/mol. The van der Waals surface area contributed by atoms with Crippen LogP contribution in [0.2, 0.25) is 10.0 Å². The first kappa shape index (κ1) is 37.0. The van der Waals surface area contributed by atoms with Gasteiger partial charge in [0.15, 0.2) is 0 Å². The Hall–Kier alpha value is -4.26. The molecule has 1 atom stereocenters. The Balaban J connectivity index is 1.36. The van der Waals surface area contributed by atoms with E-state index in [9.17, 15) is 14.7 Å². The topological polar surface area (TPSA) is 146 Å². The fourth-order valence-electron chi connectivity index (χ4n) is 6.08. The number of pyridine rings is 2. The van der Waals surface area contributed by atoms with Crippen LogP contribution in [0, 0.1) is 0 Å². The molecule has 5 rings (SSSR count). The second-order valence-corrected chi connectivity index (χ2v) is 12.9. The first-order valence-corrected chi connectivity index (χ1v) is 17.1. The number of nitrogens with zero attached hydrogens (tertiary/aromatic N) is 3. The molecule has 1 amide bonds. The number of piperidine rings is 1. The van der Waals surface area contributed by atoms with E-state index in [0.717, 1.165) is 42.6 Å². The Morgan fingerprint density at radius 3 is 2.36 bits per heavy atom. The number of carboxylic acid groups (broad SMARTS) is 1. The number of rotatable bonds is 14. The van der Waals surface area contributed by atoms with E-state index in [-0.39, 0.29) is 18.9 Å². The highest BCUT2D eigenvalue weighted by Crippen LogP contribution is 2.42. The molecule has 2 aromatic carbocycles. The number of carbonyl (C=O) groups excluding carboxylic acids is 1. The molecule has 4 aromatic rings. The van der Waals surface area contributed by atoms with Crippen LogP contribution >= 0.6 is 23.2 Å². The molecule has 1 aliphatic heterocycles. The lowest BCUT2D eigenvalue weighted by Gasteiger charge is -2.31. The number of halogens is 2. The van der Waals surface area contributed by atoms with Crippen molar-refractivity contribution < 1.29 is 29.3 Å². The maximum atomic E-state index is 11.7. The number of amides is 1. The molecule has 0 unspecified atom stereocenters. The first-order valence-electron chi connectivity index (χ1n) is 16.3. The summed E-state index contributed by atoms with van der Waals surface area (Å²) >= 11 is 14.1. The molecule has 3 heterocycles. The number of aromatic nitrogens is 2. The van der Waals surface area contributed by atoms with Gasteiger partial charge in [-0.2, -0.15) is 0 Å². The van der Waals surface area contributed by atoms with E-state index in [1.54, 1.807) is 27.3 Å². The van der Waals surface area contributed by atoms with Gasteiger partial charge >= 0.3 is 5.97 Å². The van der Waals surface area contributed by atoms with Crippen LogP contribution in [0.5, 0.6) is 11.6 Å². The van der Waals surface area contributed by atoms with Gasteiger partial charge in [-0.25, -0.2) is 4.98 Å². The average molecular weight is 723 g/mol. The standard InChI is InChI=1S/C37H41Cl2N5O6/c1-22(46)44-15-12-26(13-16-44)41-20-25-9-10-31(43-37(25)50-3)30-6-4-5-28(34(30)38)29-11-14-40-36(35(29)39)23-7-8-24(32(17-23)49-2)19-42-27(21-45)18-33(47)48/h4-11,14,17,26-27,41-42,45H,12-13,15-16,18-21H2,1-3H3,(H,47,48)/t27-/m0/s1. The van der Waals surface area contributed by atoms with E-state index in [1.807, 2.05) is 59.5 Å². The molecule has 50 heavy (non-hydrogen) atoms. The van der Waals surface area contributed by atoms with Crippen molar-refractivity contribution in [3.8, 4) is 45.3 Å². The Kier molecular flexibility index (Phi) is 12.7. The van der Waals surface area contributed by atoms with Gasteiger partial charge in [0.05, 0.1) is 48.7 Å². The van der Waals surface area contributed by atoms with E-state index >= 15 is 0 Å². The lowest BCUT2D eigenvalue weighted by atomic mass is 9.99. The zero-order valence-corrected chi connectivity index (χ0v) is 29.7. The zero-order valence-electron chi connectivity index (χ0n) is 28.2. The third kappa shape index (κ3) is 8.72. The quantitative estimate of drug-likeness (QED) is 0.126. The molecule has 13 heteroatoms.